The molecule has 5 nitrogen and oxygen atoms in total. The second-order valence-electron chi connectivity index (χ2n) is 7.39. The molecule has 4 aromatic rings. The fourth-order valence-electron chi connectivity index (χ4n) is 3.81. The minimum Gasteiger partial charge on any atom is -0.483 e. The van der Waals surface area contributed by atoms with Gasteiger partial charge in [0, 0.05) is 28.4 Å². The summed E-state index contributed by atoms with van der Waals surface area (Å²) in [4.78, 5) is 12.1. The van der Waals surface area contributed by atoms with Crippen molar-refractivity contribution in [3.63, 3.8) is 0 Å². The molecule has 1 amide bonds. The van der Waals surface area contributed by atoms with Gasteiger partial charge in [0.15, 0.2) is 6.61 Å². The molecule has 0 aliphatic carbocycles. The van der Waals surface area contributed by atoms with E-state index in [4.69, 9.17) is 4.74 Å². The standard InChI is InChI=1S/C25H25N3O2/c1-4-28-22-8-6-5-7-20(22)21-14-19(10-11-23(21)28)15-26-27-25(29)16-30-24-12-9-17(2)13-18(24)3/h5-15H,4,16H2,1-3H3,(H,27,29). The number of para-hydroxylation sites is 1. The highest BCUT2D eigenvalue weighted by Gasteiger charge is 2.09. The van der Waals surface area contributed by atoms with E-state index in [1.807, 2.05) is 38.1 Å². The Morgan fingerprint density at radius 2 is 1.83 bits per heavy atom. The lowest BCUT2D eigenvalue weighted by Crippen LogP contribution is -2.24. The number of carbonyl (C=O) groups excluding carboxylic acids is 1. The van der Waals surface area contributed by atoms with E-state index in [0.717, 1.165) is 23.2 Å². The molecular formula is C25H25N3O2. The number of nitrogens with zero attached hydrogens (tertiary/aromatic N) is 2. The number of amides is 1. The Kier molecular flexibility index (Phi) is 5.53. The fraction of sp³-hybridized carbons (Fsp3) is 0.200. The largest absolute Gasteiger partial charge is 0.483 e. The topological polar surface area (TPSA) is 55.6 Å². The van der Waals surface area contributed by atoms with Crippen LogP contribution in [0.5, 0.6) is 5.75 Å². The van der Waals surface area contributed by atoms with Crippen LogP contribution in [0.4, 0.5) is 0 Å². The van der Waals surface area contributed by atoms with Gasteiger partial charge in [-0.2, -0.15) is 5.10 Å². The van der Waals surface area contributed by atoms with Gasteiger partial charge in [-0.3, -0.25) is 4.79 Å². The summed E-state index contributed by atoms with van der Waals surface area (Å²) in [6.07, 6.45) is 1.66. The number of benzene rings is 3. The van der Waals surface area contributed by atoms with E-state index in [2.05, 4.69) is 58.4 Å². The van der Waals surface area contributed by atoms with E-state index >= 15 is 0 Å². The minimum atomic E-state index is -0.296. The van der Waals surface area contributed by atoms with Crippen LogP contribution in [0.1, 0.15) is 23.6 Å². The Labute approximate surface area is 176 Å². The fourth-order valence-corrected chi connectivity index (χ4v) is 3.81. The van der Waals surface area contributed by atoms with Gasteiger partial charge in [-0.15, -0.1) is 0 Å². The lowest BCUT2D eigenvalue weighted by atomic mass is 10.1. The van der Waals surface area contributed by atoms with Crippen LogP contribution >= 0.6 is 0 Å². The van der Waals surface area contributed by atoms with Gasteiger partial charge in [0.05, 0.1) is 6.21 Å². The zero-order chi connectivity index (χ0) is 21.1. The molecule has 0 unspecified atom stereocenters. The predicted octanol–water partition coefficient (Wildman–Crippen LogP) is 4.96. The van der Waals surface area contributed by atoms with Crippen molar-refractivity contribution < 1.29 is 9.53 Å². The number of nitrogens with one attached hydrogen (secondary N) is 1. The second-order valence-corrected chi connectivity index (χ2v) is 7.39. The number of aromatic nitrogens is 1. The van der Waals surface area contributed by atoms with Crippen molar-refractivity contribution in [2.45, 2.75) is 27.3 Å². The van der Waals surface area contributed by atoms with E-state index in [0.29, 0.717) is 5.75 Å². The van der Waals surface area contributed by atoms with E-state index in [1.165, 1.54) is 21.8 Å². The zero-order valence-corrected chi connectivity index (χ0v) is 17.5. The third-order valence-electron chi connectivity index (χ3n) is 5.20. The normalized spacial score (nSPS) is 11.4. The Hall–Kier alpha value is -3.60. The summed E-state index contributed by atoms with van der Waals surface area (Å²) in [6, 6.07) is 20.5. The first-order valence-corrected chi connectivity index (χ1v) is 10.1. The number of fused-ring (bicyclic) bond motifs is 3. The van der Waals surface area contributed by atoms with Gasteiger partial charge in [-0.05, 0) is 56.2 Å². The first-order chi connectivity index (χ1) is 14.6. The summed E-state index contributed by atoms with van der Waals surface area (Å²) >= 11 is 0. The van der Waals surface area contributed by atoms with Crippen LogP contribution in [0.2, 0.25) is 0 Å². The van der Waals surface area contributed by atoms with Crippen LogP contribution in [-0.2, 0) is 11.3 Å². The molecule has 1 heterocycles. The van der Waals surface area contributed by atoms with E-state index < -0.39 is 0 Å². The molecule has 0 aliphatic rings. The molecule has 5 heteroatoms. The van der Waals surface area contributed by atoms with Crippen LogP contribution in [0, 0.1) is 13.8 Å². The highest BCUT2D eigenvalue weighted by Crippen LogP contribution is 2.29. The molecule has 4 rings (SSSR count). The maximum absolute atomic E-state index is 12.1. The summed E-state index contributed by atoms with van der Waals surface area (Å²) in [5.41, 5.74) is 8.05. The van der Waals surface area contributed by atoms with Crippen LogP contribution in [0.25, 0.3) is 21.8 Å². The SMILES string of the molecule is CCn1c2ccccc2c2cc(C=NNC(=O)COc3ccc(C)cc3C)ccc21. The maximum Gasteiger partial charge on any atom is 0.277 e. The summed E-state index contributed by atoms with van der Waals surface area (Å²) in [7, 11) is 0. The summed E-state index contributed by atoms with van der Waals surface area (Å²) in [5.74, 6) is 0.410. The van der Waals surface area contributed by atoms with Crippen LogP contribution < -0.4 is 10.2 Å². The third kappa shape index (κ3) is 3.92. The van der Waals surface area contributed by atoms with Gasteiger partial charge < -0.3 is 9.30 Å². The summed E-state index contributed by atoms with van der Waals surface area (Å²) in [5, 5.41) is 6.49. The molecule has 0 saturated carbocycles. The van der Waals surface area contributed by atoms with Gasteiger partial charge in [0.2, 0.25) is 0 Å². The summed E-state index contributed by atoms with van der Waals surface area (Å²) in [6.45, 7) is 6.97. The molecule has 152 valence electrons. The molecule has 0 fully saturated rings. The van der Waals surface area contributed by atoms with Gasteiger partial charge in [0.1, 0.15) is 5.75 Å². The lowest BCUT2D eigenvalue weighted by Gasteiger charge is -2.08. The number of hydrogen-bond donors (Lipinski definition) is 1. The van der Waals surface area contributed by atoms with Gasteiger partial charge in [-0.25, -0.2) is 5.43 Å². The lowest BCUT2D eigenvalue weighted by molar-refractivity contribution is -0.123. The maximum atomic E-state index is 12.1. The molecule has 0 bridgehead atoms. The third-order valence-corrected chi connectivity index (χ3v) is 5.20. The molecular weight excluding hydrogens is 374 g/mol. The first kappa shape index (κ1) is 19.7. The van der Waals surface area contributed by atoms with Crippen LogP contribution in [0.15, 0.2) is 65.8 Å². The van der Waals surface area contributed by atoms with Gasteiger partial charge >= 0.3 is 0 Å². The molecule has 0 radical (unpaired) electrons. The monoisotopic (exact) mass is 399 g/mol. The number of aryl methyl sites for hydroxylation is 3. The number of hydrazone groups is 1. The number of rotatable bonds is 6. The average Bonchev–Trinajstić information content (AvgIpc) is 3.06. The van der Waals surface area contributed by atoms with Crippen molar-refractivity contribution in [3.05, 3.63) is 77.4 Å². The Bertz CT molecular complexity index is 1250. The van der Waals surface area contributed by atoms with Crippen molar-refractivity contribution in [1.82, 2.24) is 9.99 Å². The highest BCUT2D eigenvalue weighted by atomic mass is 16.5. The van der Waals surface area contributed by atoms with Crippen molar-refractivity contribution in [3.8, 4) is 5.75 Å². The smallest absolute Gasteiger partial charge is 0.277 e. The first-order valence-electron chi connectivity index (χ1n) is 10.1. The molecule has 0 saturated heterocycles. The Morgan fingerprint density at radius 1 is 1.03 bits per heavy atom. The molecule has 0 aliphatic heterocycles. The molecule has 1 aromatic heterocycles. The quantitative estimate of drug-likeness (QED) is 0.368. The number of hydrogen-bond acceptors (Lipinski definition) is 3. The zero-order valence-electron chi connectivity index (χ0n) is 17.5. The Balaban J connectivity index is 1.45. The van der Waals surface area contributed by atoms with Gasteiger partial charge in [-0.1, -0.05) is 42.0 Å². The van der Waals surface area contributed by atoms with Crippen LogP contribution in [-0.4, -0.2) is 23.3 Å². The molecule has 30 heavy (non-hydrogen) atoms. The Morgan fingerprint density at radius 3 is 2.63 bits per heavy atom. The van der Waals surface area contributed by atoms with Crippen molar-refractivity contribution in [2.24, 2.45) is 5.10 Å². The second kappa shape index (κ2) is 8.41. The molecule has 0 spiro atoms. The summed E-state index contributed by atoms with van der Waals surface area (Å²) < 4.78 is 7.89. The van der Waals surface area contributed by atoms with Gasteiger partial charge in [0.25, 0.3) is 5.91 Å². The van der Waals surface area contributed by atoms with Crippen LogP contribution in [0.3, 0.4) is 0 Å². The average molecular weight is 399 g/mol. The number of carbonyl (C=O) groups is 1. The van der Waals surface area contributed by atoms with E-state index in [1.54, 1.807) is 6.21 Å². The van der Waals surface area contributed by atoms with Crippen molar-refractivity contribution >= 4 is 33.9 Å². The van der Waals surface area contributed by atoms with Crippen molar-refractivity contribution in [1.29, 1.82) is 0 Å². The molecule has 1 N–H and O–H groups in total. The van der Waals surface area contributed by atoms with E-state index in [9.17, 15) is 4.79 Å². The molecule has 0 atom stereocenters. The number of ether oxygens (including phenoxy) is 1. The minimum absolute atomic E-state index is 0.0791. The van der Waals surface area contributed by atoms with Crippen molar-refractivity contribution in [2.75, 3.05) is 6.61 Å². The van der Waals surface area contributed by atoms with E-state index in [-0.39, 0.29) is 12.5 Å². The predicted molar refractivity (Wildman–Crippen MR) is 122 cm³/mol. The highest BCUT2D eigenvalue weighted by molar-refractivity contribution is 6.09. The molecule has 3 aromatic carbocycles.